The van der Waals surface area contributed by atoms with Crippen molar-refractivity contribution in [3.05, 3.63) is 68.8 Å². The molecule has 0 bridgehead atoms. The maximum absolute atomic E-state index is 13.3. The molecule has 6 nitrogen and oxygen atoms in total. The van der Waals surface area contributed by atoms with Crippen LogP contribution >= 0.6 is 11.3 Å². The monoisotopic (exact) mass is 418 g/mol. The van der Waals surface area contributed by atoms with E-state index >= 15 is 0 Å². The van der Waals surface area contributed by atoms with E-state index in [4.69, 9.17) is 4.98 Å². The van der Waals surface area contributed by atoms with Crippen molar-refractivity contribution < 1.29 is 4.79 Å². The topological polar surface area (TPSA) is 79.0 Å². The van der Waals surface area contributed by atoms with Crippen LogP contribution in [0.2, 0.25) is 0 Å². The van der Waals surface area contributed by atoms with Crippen LogP contribution in [0.4, 0.5) is 0 Å². The van der Waals surface area contributed by atoms with Crippen molar-refractivity contribution in [2.24, 2.45) is 0 Å². The summed E-state index contributed by atoms with van der Waals surface area (Å²) >= 11 is 1.55. The average molecular weight is 419 g/mol. The van der Waals surface area contributed by atoms with Crippen LogP contribution in [0.25, 0.3) is 21.0 Å². The summed E-state index contributed by atoms with van der Waals surface area (Å²) in [5.41, 5.74) is 1.39. The van der Waals surface area contributed by atoms with Crippen molar-refractivity contribution in [2.45, 2.75) is 32.6 Å². The fourth-order valence-electron chi connectivity index (χ4n) is 4.29. The fourth-order valence-corrected chi connectivity index (χ4v) is 5.33. The highest BCUT2D eigenvalue weighted by atomic mass is 32.1. The lowest BCUT2D eigenvalue weighted by molar-refractivity contribution is 0.0701. The van der Waals surface area contributed by atoms with E-state index in [1.165, 1.54) is 0 Å². The Morgan fingerprint density at radius 3 is 2.93 bits per heavy atom. The van der Waals surface area contributed by atoms with Crippen molar-refractivity contribution in [2.75, 3.05) is 13.1 Å². The van der Waals surface area contributed by atoms with Gasteiger partial charge in [-0.1, -0.05) is 24.3 Å². The van der Waals surface area contributed by atoms with Crippen LogP contribution in [0.5, 0.6) is 0 Å². The third-order valence-electron chi connectivity index (χ3n) is 6.03. The first-order chi connectivity index (χ1) is 14.5. The third kappa shape index (κ3) is 3.10. The molecule has 0 aliphatic carbocycles. The summed E-state index contributed by atoms with van der Waals surface area (Å²) in [5, 5.41) is 2.55. The smallest absolute Gasteiger partial charge is 0.273 e. The minimum atomic E-state index is -0.0870. The molecule has 0 saturated carbocycles. The number of piperidine rings is 1. The van der Waals surface area contributed by atoms with Crippen LogP contribution in [-0.2, 0) is 0 Å². The number of thiophene rings is 1. The Morgan fingerprint density at radius 2 is 2.07 bits per heavy atom. The van der Waals surface area contributed by atoms with Crippen LogP contribution in [0.15, 0.2) is 41.3 Å². The van der Waals surface area contributed by atoms with E-state index in [1.807, 2.05) is 49.1 Å². The van der Waals surface area contributed by atoms with Gasteiger partial charge in [0.1, 0.15) is 16.3 Å². The molecule has 0 unspecified atom stereocenters. The van der Waals surface area contributed by atoms with Crippen molar-refractivity contribution in [3.63, 3.8) is 0 Å². The zero-order chi connectivity index (χ0) is 20.8. The number of carbonyl (C=O) groups excluding carboxylic acids is 1. The van der Waals surface area contributed by atoms with Gasteiger partial charge in [0.05, 0.1) is 5.39 Å². The highest BCUT2D eigenvalue weighted by molar-refractivity contribution is 7.18. The largest absolute Gasteiger partial charge is 0.337 e. The first-order valence-corrected chi connectivity index (χ1v) is 11.0. The molecule has 3 aromatic heterocycles. The average Bonchev–Trinajstić information content (AvgIpc) is 3.06. The van der Waals surface area contributed by atoms with Gasteiger partial charge in [-0.2, -0.15) is 0 Å². The number of benzene rings is 1. The number of pyridine rings is 1. The molecule has 0 spiro atoms. The molecule has 1 aliphatic heterocycles. The third-order valence-corrected chi connectivity index (χ3v) is 7.13. The summed E-state index contributed by atoms with van der Waals surface area (Å²) in [6.45, 7) is 5.19. The lowest BCUT2D eigenvalue weighted by Gasteiger charge is -2.32. The van der Waals surface area contributed by atoms with E-state index in [9.17, 15) is 9.59 Å². The molecule has 1 aromatic carbocycles. The molecule has 1 N–H and O–H groups in total. The summed E-state index contributed by atoms with van der Waals surface area (Å²) < 4.78 is 0. The number of aryl methyl sites for hydroxylation is 2. The van der Waals surface area contributed by atoms with E-state index in [0.717, 1.165) is 38.9 Å². The van der Waals surface area contributed by atoms with E-state index in [1.54, 1.807) is 17.5 Å². The molecule has 4 heterocycles. The van der Waals surface area contributed by atoms with Crippen molar-refractivity contribution >= 4 is 38.2 Å². The quantitative estimate of drug-likeness (QED) is 0.530. The lowest BCUT2D eigenvalue weighted by atomic mass is 9.96. The number of hydrogen-bond acceptors (Lipinski definition) is 5. The zero-order valence-corrected chi connectivity index (χ0v) is 17.8. The highest BCUT2D eigenvalue weighted by Crippen LogP contribution is 2.30. The van der Waals surface area contributed by atoms with Crippen molar-refractivity contribution in [1.29, 1.82) is 0 Å². The number of aromatic nitrogens is 3. The van der Waals surface area contributed by atoms with Crippen LogP contribution in [0.3, 0.4) is 0 Å². The summed E-state index contributed by atoms with van der Waals surface area (Å²) in [4.78, 5) is 41.9. The number of rotatable bonds is 2. The Kier molecular flexibility index (Phi) is 4.62. The number of nitrogens with zero attached hydrogens (tertiary/aromatic N) is 3. The van der Waals surface area contributed by atoms with E-state index in [2.05, 4.69) is 9.97 Å². The zero-order valence-electron chi connectivity index (χ0n) is 16.9. The first-order valence-electron chi connectivity index (χ1n) is 10.2. The van der Waals surface area contributed by atoms with Crippen LogP contribution in [0, 0.1) is 13.8 Å². The van der Waals surface area contributed by atoms with E-state index < -0.39 is 0 Å². The van der Waals surface area contributed by atoms with Crippen LogP contribution in [-0.4, -0.2) is 38.8 Å². The molecule has 5 rings (SSSR count). The second-order valence-electron chi connectivity index (χ2n) is 7.89. The van der Waals surface area contributed by atoms with E-state index in [0.29, 0.717) is 30.0 Å². The molecule has 0 radical (unpaired) electrons. The number of nitrogens with one attached hydrogen (secondary N) is 1. The maximum atomic E-state index is 13.3. The van der Waals surface area contributed by atoms with Crippen molar-refractivity contribution in [1.82, 2.24) is 19.9 Å². The maximum Gasteiger partial charge on any atom is 0.273 e. The molecule has 1 aliphatic rings. The summed E-state index contributed by atoms with van der Waals surface area (Å²) in [5.74, 6) is 0.623. The predicted octanol–water partition coefficient (Wildman–Crippen LogP) is 4.17. The fraction of sp³-hybridized carbons (Fsp3) is 0.304. The first kappa shape index (κ1) is 18.9. The summed E-state index contributed by atoms with van der Waals surface area (Å²) in [6, 6.07) is 9.72. The number of likely N-dealkylation sites (tertiary alicyclic amines) is 1. The highest BCUT2D eigenvalue weighted by Gasteiger charge is 2.29. The Balaban J connectivity index is 1.47. The second-order valence-corrected chi connectivity index (χ2v) is 9.09. The SMILES string of the molecule is Cc1sc2nc([C@H]3CCCN(C(=O)c4nccc5ccccc45)C3)[nH]c(=O)c2c1C. The molecule has 1 saturated heterocycles. The van der Waals surface area contributed by atoms with E-state index in [-0.39, 0.29) is 17.4 Å². The molecule has 30 heavy (non-hydrogen) atoms. The van der Waals surface area contributed by atoms with Crippen LogP contribution < -0.4 is 5.56 Å². The molecular weight excluding hydrogens is 396 g/mol. The van der Waals surface area contributed by atoms with Gasteiger partial charge < -0.3 is 9.88 Å². The molecule has 4 aromatic rings. The number of H-pyrrole nitrogens is 1. The minimum Gasteiger partial charge on any atom is -0.337 e. The molecule has 1 fully saturated rings. The number of hydrogen-bond donors (Lipinski definition) is 1. The number of carbonyl (C=O) groups is 1. The van der Waals surface area contributed by atoms with Crippen LogP contribution in [0.1, 0.15) is 45.5 Å². The normalized spacial score (nSPS) is 17.0. The van der Waals surface area contributed by atoms with Gasteiger partial charge in [-0.3, -0.25) is 14.6 Å². The van der Waals surface area contributed by atoms with Gasteiger partial charge in [0.15, 0.2) is 0 Å². The molecule has 7 heteroatoms. The molecular formula is C23H22N4O2S. The van der Waals surface area contributed by atoms with Gasteiger partial charge in [0.25, 0.3) is 11.5 Å². The number of aromatic amines is 1. The summed E-state index contributed by atoms with van der Waals surface area (Å²) in [6.07, 6.45) is 3.45. The Hall–Kier alpha value is -3.06. The Morgan fingerprint density at radius 1 is 1.23 bits per heavy atom. The van der Waals surface area contributed by atoms with Gasteiger partial charge >= 0.3 is 0 Å². The predicted molar refractivity (Wildman–Crippen MR) is 119 cm³/mol. The summed E-state index contributed by atoms with van der Waals surface area (Å²) in [7, 11) is 0. The number of fused-ring (bicyclic) bond motifs is 2. The van der Waals surface area contributed by atoms with Gasteiger partial charge in [0.2, 0.25) is 0 Å². The van der Waals surface area contributed by atoms with Gasteiger partial charge in [0, 0.05) is 35.5 Å². The van der Waals surface area contributed by atoms with Gasteiger partial charge in [-0.15, -0.1) is 11.3 Å². The Bertz CT molecular complexity index is 1340. The molecule has 1 atom stereocenters. The minimum absolute atomic E-state index is 0.0116. The van der Waals surface area contributed by atoms with Gasteiger partial charge in [-0.05, 0) is 43.7 Å². The number of amides is 1. The van der Waals surface area contributed by atoms with Crippen molar-refractivity contribution in [3.8, 4) is 0 Å². The standard InChI is InChI=1S/C23H22N4O2S/c1-13-14(2)30-22-18(13)21(28)25-20(26-22)16-7-5-11-27(12-16)23(29)19-17-8-4-3-6-15(17)9-10-24-19/h3-4,6,8-10,16H,5,7,11-12H2,1-2H3,(H,25,26,28)/t16-/m0/s1. The second kappa shape index (κ2) is 7.32. The van der Waals surface area contributed by atoms with Gasteiger partial charge in [-0.25, -0.2) is 4.98 Å². The lowest BCUT2D eigenvalue weighted by Crippen LogP contribution is -2.40. The Labute approximate surface area is 177 Å². The molecule has 152 valence electrons. The molecule has 1 amide bonds.